The van der Waals surface area contributed by atoms with Gasteiger partial charge in [-0.2, -0.15) is 4.68 Å². The zero-order valence-corrected chi connectivity index (χ0v) is 16.7. The Kier molecular flexibility index (Phi) is 4.34. The quantitative estimate of drug-likeness (QED) is 0.500. The minimum Gasteiger partial charge on any atom is -0.382 e. The number of nitrogen functional groups attached to an aromatic ring is 1. The Hall–Kier alpha value is -2.51. The number of halogens is 1. The summed E-state index contributed by atoms with van der Waals surface area (Å²) in [4.78, 5) is 4.69. The first-order valence-corrected chi connectivity index (χ1v) is 9.71. The summed E-state index contributed by atoms with van der Waals surface area (Å²) in [6, 6.07) is 14.1. The first-order valence-electron chi connectivity index (χ1n) is 8.03. The lowest BCUT2D eigenvalue weighted by Crippen LogP contribution is -2.03. The van der Waals surface area contributed by atoms with E-state index in [1.165, 1.54) is 22.5 Å². The molecule has 0 atom stereocenters. The highest BCUT2D eigenvalue weighted by Crippen LogP contribution is 2.32. The van der Waals surface area contributed by atoms with Crippen LogP contribution in [0.1, 0.15) is 11.1 Å². The Bertz CT molecular complexity index is 1100. The van der Waals surface area contributed by atoms with Crippen molar-refractivity contribution in [3.8, 4) is 27.6 Å². The van der Waals surface area contributed by atoms with Crippen LogP contribution in [0.5, 0.6) is 0 Å². The van der Waals surface area contributed by atoms with Crippen molar-refractivity contribution in [3.05, 3.63) is 63.4 Å². The third kappa shape index (κ3) is 3.04. The lowest BCUT2D eigenvalue weighted by atomic mass is 10.1. The largest absolute Gasteiger partial charge is 0.382 e. The molecule has 0 saturated carbocycles. The molecule has 0 bridgehead atoms. The summed E-state index contributed by atoms with van der Waals surface area (Å²) in [7, 11) is 0. The van der Waals surface area contributed by atoms with E-state index in [4.69, 9.17) is 10.7 Å². The van der Waals surface area contributed by atoms with E-state index in [-0.39, 0.29) is 0 Å². The maximum atomic E-state index is 6.32. The van der Waals surface area contributed by atoms with Gasteiger partial charge >= 0.3 is 0 Å². The van der Waals surface area contributed by atoms with Gasteiger partial charge < -0.3 is 5.73 Å². The number of anilines is 1. The molecule has 26 heavy (non-hydrogen) atoms. The van der Waals surface area contributed by atoms with Gasteiger partial charge in [0.2, 0.25) is 0 Å². The van der Waals surface area contributed by atoms with E-state index in [0.717, 1.165) is 26.4 Å². The molecule has 7 heteroatoms. The van der Waals surface area contributed by atoms with Gasteiger partial charge in [-0.15, -0.1) is 16.4 Å². The van der Waals surface area contributed by atoms with Crippen LogP contribution in [-0.2, 0) is 0 Å². The number of rotatable bonds is 3. The third-order valence-corrected chi connectivity index (χ3v) is 5.61. The number of hydrogen-bond donors (Lipinski definition) is 1. The average Bonchev–Trinajstić information content (AvgIpc) is 3.24. The van der Waals surface area contributed by atoms with E-state index in [1.807, 2.05) is 35.7 Å². The van der Waals surface area contributed by atoms with Crippen LogP contribution in [0.4, 0.5) is 5.82 Å². The van der Waals surface area contributed by atoms with Crippen LogP contribution in [0.15, 0.2) is 52.3 Å². The summed E-state index contributed by atoms with van der Waals surface area (Å²) in [6.45, 7) is 4.15. The van der Waals surface area contributed by atoms with Crippen LogP contribution < -0.4 is 5.73 Å². The molecule has 5 nitrogen and oxygen atoms in total. The summed E-state index contributed by atoms with van der Waals surface area (Å²) < 4.78 is 2.67. The Morgan fingerprint density at radius 3 is 2.69 bits per heavy atom. The summed E-state index contributed by atoms with van der Waals surface area (Å²) in [5, 5.41) is 11.3. The van der Waals surface area contributed by atoms with Crippen LogP contribution in [-0.4, -0.2) is 20.0 Å². The van der Waals surface area contributed by atoms with Gasteiger partial charge in [0, 0.05) is 15.4 Å². The van der Waals surface area contributed by atoms with Gasteiger partial charge in [0.25, 0.3) is 0 Å². The number of nitrogens with two attached hydrogens (primary N) is 1. The van der Waals surface area contributed by atoms with E-state index in [2.05, 4.69) is 52.2 Å². The molecule has 0 fully saturated rings. The molecule has 0 aliphatic rings. The first-order chi connectivity index (χ1) is 12.5. The molecule has 2 N–H and O–H groups in total. The van der Waals surface area contributed by atoms with Crippen molar-refractivity contribution in [1.29, 1.82) is 0 Å². The summed E-state index contributed by atoms with van der Waals surface area (Å²) in [5.41, 5.74) is 12.2. The fraction of sp³-hybridized carbons (Fsp3) is 0.105. The average molecular weight is 426 g/mol. The Balaban J connectivity index is 1.72. The van der Waals surface area contributed by atoms with Gasteiger partial charge in [-0.25, -0.2) is 4.98 Å². The van der Waals surface area contributed by atoms with Crippen molar-refractivity contribution in [2.75, 3.05) is 5.73 Å². The van der Waals surface area contributed by atoms with Gasteiger partial charge in [0.15, 0.2) is 11.5 Å². The van der Waals surface area contributed by atoms with Crippen LogP contribution in [0, 0.1) is 13.8 Å². The molecule has 0 spiro atoms. The van der Waals surface area contributed by atoms with E-state index >= 15 is 0 Å². The van der Waals surface area contributed by atoms with Gasteiger partial charge in [-0.05, 0) is 49.2 Å². The Labute approximate surface area is 163 Å². The highest BCUT2D eigenvalue weighted by Gasteiger charge is 2.17. The molecule has 2 aromatic heterocycles. The monoisotopic (exact) mass is 425 g/mol. The molecule has 0 unspecified atom stereocenters. The standard InChI is InChI=1S/C19H16BrN5S/c1-11-6-7-15(8-12(11)2)25-18(21)17(23-24-25)19-22-16(10-26-19)13-4-3-5-14(20)9-13/h3-10H,21H2,1-2H3. The van der Waals surface area contributed by atoms with Crippen molar-refractivity contribution in [2.45, 2.75) is 13.8 Å². The van der Waals surface area contributed by atoms with Crippen molar-refractivity contribution in [3.63, 3.8) is 0 Å². The number of nitrogens with zero attached hydrogens (tertiary/aromatic N) is 4. The second-order valence-corrected chi connectivity index (χ2v) is 7.83. The highest BCUT2D eigenvalue weighted by atomic mass is 79.9. The van der Waals surface area contributed by atoms with E-state index < -0.39 is 0 Å². The van der Waals surface area contributed by atoms with Crippen LogP contribution in [0.25, 0.3) is 27.6 Å². The second-order valence-electron chi connectivity index (χ2n) is 6.05. The summed E-state index contributed by atoms with van der Waals surface area (Å²) in [6.07, 6.45) is 0. The van der Waals surface area contributed by atoms with Crippen LogP contribution in [0.3, 0.4) is 0 Å². The lowest BCUT2D eigenvalue weighted by molar-refractivity contribution is 0.809. The minimum absolute atomic E-state index is 0.489. The van der Waals surface area contributed by atoms with Crippen LogP contribution >= 0.6 is 27.3 Å². The molecular formula is C19H16BrN5S. The number of aromatic nitrogens is 4. The molecule has 4 aromatic rings. The molecular weight excluding hydrogens is 410 g/mol. The van der Waals surface area contributed by atoms with E-state index in [1.54, 1.807) is 4.68 Å². The predicted molar refractivity (Wildman–Crippen MR) is 109 cm³/mol. The lowest BCUT2D eigenvalue weighted by Gasteiger charge is -2.06. The third-order valence-electron chi connectivity index (χ3n) is 4.27. The smallest absolute Gasteiger partial charge is 0.165 e. The molecule has 130 valence electrons. The fourth-order valence-corrected chi connectivity index (χ4v) is 3.87. The number of thiazole rings is 1. The van der Waals surface area contributed by atoms with E-state index in [0.29, 0.717) is 11.5 Å². The van der Waals surface area contributed by atoms with Crippen molar-refractivity contribution < 1.29 is 0 Å². The molecule has 4 rings (SSSR count). The van der Waals surface area contributed by atoms with Gasteiger partial charge in [-0.3, -0.25) is 0 Å². The number of aryl methyl sites for hydroxylation is 2. The Morgan fingerprint density at radius 1 is 1.08 bits per heavy atom. The summed E-state index contributed by atoms with van der Waals surface area (Å²) in [5.74, 6) is 0.489. The normalized spacial score (nSPS) is 11.0. The molecule has 0 radical (unpaired) electrons. The maximum absolute atomic E-state index is 6.32. The van der Waals surface area contributed by atoms with Gasteiger partial charge in [-0.1, -0.05) is 39.3 Å². The fourth-order valence-electron chi connectivity index (χ4n) is 2.65. The van der Waals surface area contributed by atoms with E-state index in [9.17, 15) is 0 Å². The first kappa shape index (κ1) is 16.9. The molecule has 0 aliphatic heterocycles. The second kappa shape index (κ2) is 6.66. The molecule has 2 heterocycles. The number of benzene rings is 2. The van der Waals surface area contributed by atoms with Crippen LogP contribution in [0.2, 0.25) is 0 Å². The zero-order chi connectivity index (χ0) is 18.3. The van der Waals surface area contributed by atoms with Crippen molar-refractivity contribution >= 4 is 33.1 Å². The van der Waals surface area contributed by atoms with Crippen molar-refractivity contribution in [2.24, 2.45) is 0 Å². The molecule has 0 amide bonds. The minimum atomic E-state index is 0.489. The molecule has 0 saturated heterocycles. The maximum Gasteiger partial charge on any atom is 0.165 e. The highest BCUT2D eigenvalue weighted by molar-refractivity contribution is 9.10. The summed E-state index contributed by atoms with van der Waals surface area (Å²) >= 11 is 5.00. The SMILES string of the molecule is Cc1ccc(-n2nnc(-c3nc(-c4cccc(Br)c4)cs3)c2N)cc1C. The Morgan fingerprint density at radius 2 is 1.92 bits per heavy atom. The number of hydrogen-bond acceptors (Lipinski definition) is 5. The topological polar surface area (TPSA) is 69.6 Å². The molecule has 0 aliphatic carbocycles. The molecule has 2 aromatic carbocycles. The van der Waals surface area contributed by atoms with Gasteiger partial charge in [0.05, 0.1) is 11.4 Å². The predicted octanol–water partition coefficient (Wildman–Crippen LogP) is 5.02. The van der Waals surface area contributed by atoms with Gasteiger partial charge in [0.1, 0.15) is 5.01 Å². The zero-order valence-electron chi connectivity index (χ0n) is 14.3. The van der Waals surface area contributed by atoms with Crippen molar-refractivity contribution in [1.82, 2.24) is 20.0 Å².